The number of aromatic nitrogens is 4. The van der Waals surface area contributed by atoms with Crippen molar-refractivity contribution in [1.29, 1.82) is 0 Å². The summed E-state index contributed by atoms with van der Waals surface area (Å²) in [7, 11) is 3.77. The van der Waals surface area contributed by atoms with Crippen LogP contribution in [0.3, 0.4) is 0 Å². The van der Waals surface area contributed by atoms with Gasteiger partial charge in [0.15, 0.2) is 0 Å². The summed E-state index contributed by atoms with van der Waals surface area (Å²) in [6.45, 7) is 0.674. The summed E-state index contributed by atoms with van der Waals surface area (Å²) >= 11 is 0. The number of pyridine rings is 1. The number of amides is 1. The molecular formula is C17H20N6O. The molecule has 1 N–H and O–H groups in total. The minimum atomic E-state index is -0.00742. The minimum absolute atomic E-state index is 0.00742. The van der Waals surface area contributed by atoms with E-state index < -0.39 is 0 Å². The van der Waals surface area contributed by atoms with Crippen molar-refractivity contribution in [2.45, 2.75) is 25.0 Å². The fraction of sp³-hybridized carbons (Fsp3) is 0.353. The number of carbonyl (C=O) groups excluding carboxylic acids is 1. The summed E-state index contributed by atoms with van der Waals surface area (Å²) in [5, 5.41) is 7.80. The zero-order chi connectivity index (χ0) is 16.7. The Morgan fingerprint density at radius 1 is 1.25 bits per heavy atom. The predicted molar refractivity (Wildman–Crippen MR) is 89.2 cm³/mol. The Bertz CT molecular complexity index is 882. The number of hydrogen-bond acceptors (Lipinski definition) is 4. The first-order valence-corrected chi connectivity index (χ1v) is 8.03. The molecule has 7 heteroatoms. The highest BCUT2D eigenvalue weighted by molar-refractivity contribution is 5.80. The molecule has 4 heterocycles. The molecule has 0 spiro atoms. The van der Waals surface area contributed by atoms with Crippen LogP contribution in [0.1, 0.15) is 23.9 Å². The largest absolute Gasteiger partial charge is 0.336 e. The number of nitrogens with zero attached hydrogens (tertiary/aromatic N) is 5. The molecule has 7 nitrogen and oxygen atoms in total. The van der Waals surface area contributed by atoms with Crippen molar-refractivity contribution in [3.63, 3.8) is 0 Å². The third-order valence-corrected chi connectivity index (χ3v) is 4.81. The van der Waals surface area contributed by atoms with Gasteiger partial charge in [-0.25, -0.2) is 4.98 Å². The quantitative estimate of drug-likeness (QED) is 0.781. The Kier molecular flexibility index (Phi) is 3.57. The molecule has 1 fully saturated rings. The Hall–Kier alpha value is -2.67. The molecule has 1 amide bonds. The molecule has 24 heavy (non-hydrogen) atoms. The average Bonchev–Trinajstić information content (AvgIpc) is 3.26. The van der Waals surface area contributed by atoms with Crippen molar-refractivity contribution in [1.82, 2.24) is 29.4 Å². The van der Waals surface area contributed by atoms with Crippen molar-refractivity contribution in [2.24, 2.45) is 7.05 Å². The standard InChI is InChI=1S/C17H20N6O/c1-21-16(24)10-13(17(21)14-6-7-20-22(14)2)19-11-12-4-3-5-15-18-8-9-23(12)15/h3-9,13,17,19H,10-11H2,1-2H3/t13-,17-/m1/s1. The van der Waals surface area contributed by atoms with Gasteiger partial charge in [-0.05, 0) is 18.2 Å². The highest BCUT2D eigenvalue weighted by Gasteiger charge is 2.39. The van der Waals surface area contributed by atoms with Crippen LogP contribution in [0.5, 0.6) is 0 Å². The first-order valence-electron chi connectivity index (χ1n) is 8.03. The van der Waals surface area contributed by atoms with Crippen molar-refractivity contribution >= 4 is 11.6 Å². The third kappa shape index (κ3) is 2.37. The van der Waals surface area contributed by atoms with E-state index in [2.05, 4.69) is 25.9 Å². The van der Waals surface area contributed by atoms with Gasteiger partial charge in [-0.2, -0.15) is 5.10 Å². The van der Waals surface area contributed by atoms with Crippen LogP contribution in [0.25, 0.3) is 5.65 Å². The van der Waals surface area contributed by atoms with Crippen LogP contribution < -0.4 is 5.32 Å². The van der Waals surface area contributed by atoms with Gasteiger partial charge in [0.2, 0.25) is 5.91 Å². The van der Waals surface area contributed by atoms with Gasteiger partial charge in [0.25, 0.3) is 0 Å². The fourth-order valence-corrected chi connectivity index (χ4v) is 3.52. The number of nitrogens with one attached hydrogen (secondary N) is 1. The number of likely N-dealkylation sites (N-methyl/N-ethyl adjacent to an activating group) is 1. The molecule has 0 bridgehead atoms. The summed E-state index contributed by atoms with van der Waals surface area (Å²) in [6, 6.07) is 8.08. The summed E-state index contributed by atoms with van der Waals surface area (Å²) in [4.78, 5) is 18.3. The van der Waals surface area contributed by atoms with E-state index in [1.807, 2.05) is 48.1 Å². The molecule has 0 aromatic carbocycles. The molecule has 0 unspecified atom stereocenters. The van der Waals surface area contributed by atoms with Gasteiger partial charge in [0.05, 0.1) is 11.7 Å². The molecule has 0 aliphatic carbocycles. The lowest BCUT2D eigenvalue weighted by molar-refractivity contribution is -0.127. The van der Waals surface area contributed by atoms with E-state index in [9.17, 15) is 4.79 Å². The van der Waals surface area contributed by atoms with Gasteiger partial charge in [-0.15, -0.1) is 0 Å². The lowest BCUT2D eigenvalue weighted by atomic mass is 10.1. The summed E-state index contributed by atoms with van der Waals surface area (Å²) < 4.78 is 3.90. The van der Waals surface area contributed by atoms with Crippen LogP contribution in [-0.2, 0) is 18.4 Å². The SMILES string of the molecule is CN1C(=O)C[C@@H](NCc2cccc3nccn23)[C@@H]1c1ccnn1C. The topological polar surface area (TPSA) is 67.5 Å². The van der Waals surface area contributed by atoms with E-state index >= 15 is 0 Å². The Labute approximate surface area is 139 Å². The van der Waals surface area contributed by atoms with E-state index in [-0.39, 0.29) is 18.0 Å². The second-order valence-electron chi connectivity index (χ2n) is 6.19. The van der Waals surface area contributed by atoms with Gasteiger partial charge in [0, 0.05) is 57.4 Å². The summed E-state index contributed by atoms with van der Waals surface area (Å²) in [5.74, 6) is 0.152. The lowest BCUT2D eigenvalue weighted by Crippen LogP contribution is -2.36. The first-order chi connectivity index (χ1) is 11.6. The van der Waals surface area contributed by atoms with Crippen LogP contribution >= 0.6 is 0 Å². The summed E-state index contributed by atoms with van der Waals surface area (Å²) in [6.07, 6.45) is 6.02. The van der Waals surface area contributed by atoms with Crippen LogP contribution in [-0.4, -0.2) is 43.1 Å². The number of fused-ring (bicyclic) bond motifs is 1. The van der Waals surface area contributed by atoms with Gasteiger partial charge in [-0.1, -0.05) is 6.07 Å². The van der Waals surface area contributed by atoms with Crippen LogP contribution in [0.15, 0.2) is 42.9 Å². The highest BCUT2D eigenvalue weighted by atomic mass is 16.2. The Morgan fingerprint density at radius 2 is 2.12 bits per heavy atom. The molecule has 2 atom stereocenters. The third-order valence-electron chi connectivity index (χ3n) is 4.81. The van der Waals surface area contributed by atoms with Gasteiger partial charge < -0.3 is 14.6 Å². The van der Waals surface area contributed by atoms with E-state index in [1.54, 1.807) is 12.4 Å². The van der Waals surface area contributed by atoms with Gasteiger partial charge in [0.1, 0.15) is 5.65 Å². The molecule has 0 radical (unpaired) electrons. The molecule has 0 saturated carbocycles. The molecule has 124 valence electrons. The lowest BCUT2D eigenvalue weighted by Gasteiger charge is -2.26. The number of rotatable bonds is 4. The maximum absolute atomic E-state index is 12.2. The number of imidazole rings is 1. The number of likely N-dealkylation sites (tertiary alicyclic amines) is 1. The first kappa shape index (κ1) is 14.9. The molecule has 3 aromatic rings. The molecule has 3 aromatic heterocycles. The van der Waals surface area contributed by atoms with Crippen molar-refractivity contribution in [3.8, 4) is 0 Å². The molecular weight excluding hydrogens is 304 g/mol. The van der Waals surface area contributed by atoms with E-state index in [1.165, 1.54) is 0 Å². The van der Waals surface area contributed by atoms with Gasteiger partial charge >= 0.3 is 0 Å². The smallest absolute Gasteiger partial charge is 0.224 e. The number of carbonyl (C=O) groups is 1. The molecule has 4 rings (SSSR count). The van der Waals surface area contributed by atoms with E-state index in [0.717, 1.165) is 17.0 Å². The zero-order valence-corrected chi connectivity index (χ0v) is 13.8. The second kappa shape index (κ2) is 5.76. The number of hydrogen-bond donors (Lipinski definition) is 1. The Morgan fingerprint density at radius 3 is 2.92 bits per heavy atom. The fourth-order valence-electron chi connectivity index (χ4n) is 3.52. The van der Waals surface area contributed by atoms with Crippen LogP contribution in [0, 0.1) is 0 Å². The molecule has 1 saturated heterocycles. The monoisotopic (exact) mass is 324 g/mol. The van der Waals surface area contributed by atoms with Crippen LogP contribution in [0.2, 0.25) is 0 Å². The van der Waals surface area contributed by atoms with Crippen LogP contribution in [0.4, 0.5) is 0 Å². The summed E-state index contributed by atoms with van der Waals surface area (Å²) in [5.41, 5.74) is 3.09. The number of aryl methyl sites for hydroxylation is 1. The highest BCUT2D eigenvalue weighted by Crippen LogP contribution is 2.31. The minimum Gasteiger partial charge on any atom is -0.336 e. The maximum Gasteiger partial charge on any atom is 0.224 e. The van der Waals surface area contributed by atoms with Crippen molar-refractivity contribution < 1.29 is 4.79 Å². The van der Waals surface area contributed by atoms with Crippen molar-refractivity contribution in [2.75, 3.05) is 7.05 Å². The normalized spacial score (nSPS) is 21.1. The molecule has 1 aliphatic heterocycles. The average molecular weight is 324 g/mol. The molecule has 1 aliphatic rings. The van der Waals surface area contributed by atoms with E-state index in [0.29, 0.717) is 13.0 Å². The Balaban J connectivity index is 1.58. The van der Waals surface area contributed by atoms with E-state index in [4.69, 9.17) is 0 Å². The maximum atomic E-state index is 12.2. The zero-order valence-electron chi connectivity index (χ0n) is 13.8. The second-order valence-corrected chi connectivity index (χ2v) is 6.19. The van der Waals surface area contributed by atoms with Crippen molar-refractivity contribution in [3.05, 3.63) is 54.2 Å². The van der Waals surface area contributed by atoms with Gasteiger partial charge in [-0.3, -0.25) is 9.48 Å². The predicted octanol–water partition coefficient (Wildman–Crippen LogP) is 1.13.